The van der Waals surface area contributed by atoms with Gasteiger partial charge in [-0.1, -0.05) is 24.3 Å². The molecule has 2 N–H and O–H groups in total. The highest BCUT2D eigenvalue weighted by molar-refractivity contribution is 5.97. The molecule has 1 aromatic rings. The zero-order valence-electron chi connectivity index (χ0n) is 8.29. The Hall–Kier alpha value is -1.19. The molecule has 0 aliphatic heterocycles. The van der Waals surface area contributed by atoms with Crippen LogP contribution in [0.1, 0.15) is 15.9 Å². The fourth-order valence-corrected chi connectivity index (χ4v) is 1.25. The quantitative estimate of drug-likeness (QED) is 0.674. The Bertz CT molecular complexity index is 293. The van der Waals surface area contributed by atoms with E-state index in [0.29, 0.717) is 18.5 Å². The fraction of sp³-hybridized carbons (Fsp3) is 0.364. The van der Waals surface area contributed by atoms with Crippen molar-refractivity contribution < 1.29 is 9.90 Å². The lowest BCUT2D eigenvalue weighted by molar-refractivity contribution is 0.0993. The molecule has 0 aliphatic rings. The summed E-state index contributed by atoms with van der Waals surface area (Å²) >= 11 is 0. The third kappa shape index (κ3) is 2.94. The van der Waals surface area contributed by atoms with Gasteiger partial charge >= 0.3 is 0 Å². The van der Waals surface area contributed by atoms with Crippen molar-refractivity contribution in [2.24, 2.45) is 0 Å². The summed E-state index contributed by atoms with van der Waals surface area (Å²) in [5, 5.41) is 11.5. The first-order valence-electron chi connectivity index (χ1n) is 4.65. The number of aliphatic hydroxyl groups is 1. The third-order valence-corrected chi connectivity index (χ3v) is 2.01. The zero-order valence-corrected chi connectivity index (χ0v) is 8.29. The van der Waals surface area contributed by atoms with Crippen LogP contribution in [0.4, 0.5) is 0 Å². The summed E-state index contributed by atoms with van der Waals surface area (Å²) in [6, 6.07) is 7.34. The standard InChI is InChI=1S/C11H15NO2/c1-12-8-11(14)10-4-2-9(3-5-10)6-7-13/h2-5,12-13H,6-8H2,1H3. The normalized spacial score (nSPS) is 10.1. The summed E-state index contributed by atoms with van der Waals surface area (Å²) in [4.78, 5) is 11.4. The van der Waals surface area contributed by atoms with Crippen molar-refractivity contribution in [1.29, 1.82) is 0 Å². The Balaban J connectivity index is 2.67. The van der Waals surface area contributed by atoms with Gasteiger partial charge in [-0.2, -0.15) is 0 Å². The molecule has 0 atom stereocenters. The molecule has 14 heavy (non-hydrogen) atoms. The molecule has 0 bridgehead atoms. The molecule has 76 valence electrons. The number of ketones is 1. The predicted molar refractivity (Wildman–Crippen MR) is 55.5 cm³/mol. The molecule has 0 amide bonds. The van der Waals surface area contributed by atoms with Crippen molar-refractivity contribution in [3.8, 4) is 0 Å². The lowest BCUT2D eigenvalue weighted by Gasteiger charge is -2.01. The van der Waals surface area contributed by atoms with Crippen LogP contribution in [-0.4, -0.2) is 31.1 Å². The molecule has 0 saturated carbocycles. The molecule has 1 rings (SSSR count). The number of carbonyl (C=O) groups excluding carboxylic acids is 1. The van der Waals surface area contributed by atoms with Gasteiger partial charge in [-0.3, -0.25) is 4.79 Å². The average molecular weight is 193 g/mol. The summed E-state index contributed by atoms with van der Waals surface area (Å²) in [7, 11) is 1.75. The highest BCUT2D eigenvalue weighted by atomic mass is 16.2. The second-order valence-electron chi connectivity index (χ2n) is 3.12. The molecule has 0 radical (unpaired) electrons. The monoisotopic (exact) mass is 193 g/mol. The van der Waals surface area contributed by atoms with Crippen molar-refractivity contribution in [2.75, 3.05) is 20.2 Å². The molecule has 0 saturated heterocycles. The van der Waals surface area contributed by atoms with E-state index in [9.17, 15) is 4.79 Å². The lowest BCUT2D eigenvalue weighted by Crippen LogP contribution is -2.18. The van der Waals surface area contributed by atoms with E-state index < -0.39 is 0 Å². The SMILES string of the molecule is CNCC(=O)c1ccc(CCO)cc1. The van der Waals surface area contributed by atoms with Crippen molar-refractivity contribution in [3.05, 3.63) is 35.4 Å². The van der Waals surface area contributed by atoms with Crippen molar-refractivity contribution >= 4 is 5.78 Å². The van der Waals surface area contributed by atoms with E-state index in [4.69, 9.17) is 5.11 Å². The fourth-order valence-electron chi connectivity index (χ4n) is 1.25. The molecule has 0 unspecified atom stereocenters. The van der Waals surface area contributed by atoms with Crippen LogP contribution in [0.15, 0.2) is 24.3 Å². The molecule has 1 aromatic carbocycles. The summed E-state index contributed by atoms with van der Waals surface area (Å²) < 4.78 is 0. The van der Waals surface area contributed by atoms with E-state index in [-0.39, 0.29) is 12.4 Å². The van der Waals surface area contributed by atoms with E-state index in [0.717, 1.165) is 5.56 Å². The van der Waals surface area contributed by atoms with Crippen LogP contribution < -0.4 is 5.32 Å². The summed E-state index contributed by atoms with van der Waals surface area (Å²) in [5.41, 5.74) is 1.76. The maximum absolute atomic E-state index is 11.4. The second-order valence-corrected chi connectivity index (χ2v) is 3.12. The molecule has 0 aliphatic carbocycles. The number of aliphatic hydroxyl groups excluding tert-OH is 1. The van der Waals surface area contributed by atoms with Crippen LogP contribution in [0.3, 0.4) is 0 Å². The topological polar surface area (TPSA) is 49.3 Å². The molecular formula is C11H15NO2. The van der Waals surface area contributed by atoms with E-state index >= 15 is 0 Å². The first-order chi connectivity index (χ1) is 6.77. The predicted octanol–water partition coefficient (Wildman–Crippen LogP) is 0.623. The largest absolute Gasteiger partial charge is 0.396 e. The summed E-state index contributed by atoms with van der Waals surface area (Å²) in [5.74, 6) is 0.0862. The van der Waals surface area contributed by atoms with Crippen LogP contribution in [0.2, 0.25) is 0 Å². The average Bonchev–Trinajstić information content (AvgIpc) is 2.20. The van der Waals surface area contributed by atoms with Crippen LogP contribution in [-0.2, 0) is 6.42 Å². The molecule has 0 heterocycles. The number of likely N-dealkylation sites (N-methyl/N-ethyl adjacent to an activating group) is 1. The zero-order chi connectivity index (χ0) is 10.4. The maximum Gasteiger partial charge on any atom is 0.176 e. The van der Waals surface area contributed by atoms with Crippen LogP contribution in [0, 0.1) is 0 Å². The van der Waals surface area contributed by atoms with E-state index in [2.05, 4.69) is 5.32 Å². The summed E-state index contributed by atoms with van der Waals surface area (Å²) in [6.07, 6.45) is 0.639. The molecular weight excluding hydrogens is 178 g/mol. The maximum atomic E-state index is 11.4. The van der Waals surface area contributed by atoms with Gasteiger partial charge in [-0.05, 0) is 19.0 Å². The first kappa shape index (κ1) is 10.9. The number of hydrogen-bond donors (Lipinski definition) is 2. The van der Waals surface area contributed by atoms with Gasteiger partial charge < -0.3 is 10.4 Å². The minimum absolute atomic E-state index is 0.0862. The minimum Gasteiger partial charge on any atom is -0.396 e. The number of Topliss-reactive ketones (excluding diaryl/α,β-unsaturated/α-hetero) is 1. The van der Waals surface area contributed by atoms with Gasteiger partial charge in [-0.15, -0.1) is 0 Å². The molecule has 0 aromatic heterocycles. The summed E-state index contributed by atoms with van der Waals surface area (Å²) in [6.45, 7) is 0.503. The second kappa shape index (κ2) is 5.52. The molecule has 0 fully saturated rings. The third-order valence-electron chi connectivity index (χ3n) is 2.01. The van der Waals surface area contributed by atoms with Gasteiger partial charge in [0.15, 0.2) is 5.78 Å². The smallest absolute Gasteiger partial charge is 0.176 e. The first-order valence-corrected chi connectivity index (χ1v) is 4.65. The Morgan fingerprint density at radius 3 is 2.50 bits per heavy atom. The van der Waals surface area contributed by atoms with Gasteiger partial charge in [0.2, 0.25) is 0 Å². The molecule has 3 heteroatoms. The van der Waals surface area contributed by atoms with Crippen LogP contribution in [0.25, 0.3) is 0 Å². The van der Waals surface area contributed by atoms with Gasteiger partial charge in [0.1, 0.15) is 0 Å². The van der Waals surface area contributed by atoms with E-state index in [1.54, 1.807) is 19.2 Å². The van der Waals surface area contributed by atoms with Crippen molar-refractivity contribution in [1.82, 2.24) is 5.32 Å². The van der Waals surface area contributed by atoms with Crippen LogP contribution in [0.5, 0.6) is 0 Å². The molecule has 3 nitrogen and oxygen atoms in total. The number of carbonyl (C=O) groups is 1. The highest BCUT2D eigenvalue weighted by Crippen LogP contribution is 2.05. The number of hydrogen-bond acceptors (Lipinski definition) is 3. The van der Waals surface area contributed by atoms with Gasteiger partial charge in [0, 0.05) is 12.2 Å². The Morgan fingerprint density at radius 2 is 2.00 bits per heavy atom. The van der Waals surface area contributed by atoms with Gasteiger partial charge in [0.25, 0.3) is 0 Å². The van der Waals surface area contributed by atoms with Gasteiger partial charge in [-0.25, -0.2) is 0 Å². The molecule has 0 spiro atoms. The Morgan fingerprint density at radius 1 is 1.36 bits per heavy atom. The number of rotatable bonds is 5. The van der Waals surface area contributed by atoms with Crippen LogP contribution >= 0.6 is 0 Å². The van der Waals surface area contributed by atoms with E-state index in [1.165, 1.54) is 0 Å². The van der Waals surface area contributed by atoms with Crippen molar-refractivity contribution in [3.63, 3.8) is 0 Å². The number of benzene rings is 1. The minimum atomic E-state index is 0.0862. The lowest BCUT2D eigenvalue weighted by atomic mass is 10.1. The Kier molecular flexibility index (Phi) is 4.29. The van der Waals surface area contributed by atoms with Gasteiger partial charge in [0.05, 0.1) is 6.54 Å². The highest BCUT2D eigenvalue weighted by Gasteiger charge is 2.03. The Labute approximate surface area is 83.8 Å². The van der Waals surface area contributed by atoms with Crippen molar-refractivity contribution in [2.45, 2.75) is 6.42 Å². The number of nitrogens with one attached hydrogen (secondary N) is 1. The van der Waals surface area contributed by atoms with E-state index in [1.807, 2.05) is 12.1 Å².